The van der Waals surface area contributed by atoms with Gasteiger partial charge in [-0.15, -0.1) is 11.8 Å². The van der Waals surface area contributed by atoms with Gasteiger partial charge in [0.05, 0.1) is 7.11 Å². The van der Waals surface area contributed by atoms with Crippen molar-refractivity contribution in [2.24, 2.45) is 0 Å². The molecule has 0 N–H and O–H groups in total. The lowest BCUT2D eigenvalue weighted by Crippen LogP contribution is -2.37. The second-order valence-electron chi connectivity index (χ2n) is 6.03. The number of ether oxygens (including phenoxy) is 1. The average Bonchev–Trinajstić information content (AvgIpc) is 2.46. The number of thioether (sulfide) groups is 1. The smallest absolute Gasteiger partial charge is 0.272 e. The lowest BCUT2D eigenvalue weighted by Gasteiger charge is -2.28. The Morgan fingerprint density at radius 2 is 1.91 bits per heavy atom. The Labute approximate surface area is 135 Å². The van der Waals surface area contributed by atoms with Crippen molar-refractivity contribution in [1.82, 2.24) is 0 Å². The molecule has 0 radical (unpaired) electrons. The summed E-state index contributed by atoms with van der Waals surface area (Å²) in [6.45, 7) is 7.01. The molecular weight excluding hydrogens is 296 g/mol. The summed E-state index contributed by atoms with van der Waals surface area (Å²) in [5.41, 5.74) is 0.910. The van der Waals surface area contributed by atoms with E-state index in [-0.39, 0.29) is 16.2 Å². The van der Waals surface area contributed by atoms with Crippen LogP contribution in [0, 0.1) is 11.3 Å². The molecule has 22 heavy (non-hydrogen) atoms. The van der Waals surface area contributed by atoms with Gasteiger partial charge in [-0.3, -0.25) is 4.79 Å². The first-order chi connectivity index (χ1) is 10.4. The van der Waals surface area contributed by atoms with Crippen molar-refractivity contribution in [1.29, 1.82) is 5.26 Å². The van der Waals surface area contributed by atoms with Crippen molar-refractivity contribution in [2.75, 3.05) is 18.6 Å². The summed E-state index contributed by atoms with van der Waals surface area (Å²) >= 11 is 1.78. The summed E-state index contributed by atoms with van der Waals surface area (Å²) in [4.78, 5) is 15.2. The highest BCUT2D eigenvalue weighted by atomic mass is 32.2. The van der Waals surface area contributed by atoms with E-state index in [0.717, 1.165) is 10.6 Å². The highest BCUT2D eigenvalue weighted by Gasteiger charge is 2.29. The Balaban J connectivity index is 2.22. The van der Waals surface area contributed by atoms with E-state index in [1.54, 1.807) is 16.7 Å². The number of amides is 1. The van der Waals surface area contributed by atoms with Gasteiger partial charge in [-0.05, 0) is 24.3 Å². The van der Waals surface area contributed by atoms with Crippen LogP contribution in [0.2, 0.25) is 0 Å². The molecule has 1 aromatic carbocycles. The summed E-state index contributed by atoms with van der Waals surface area (Å²) in [7, 11) is 1.49. The van der Waals surface area contributed by atoms with Crippen molar-refractivity contribution < 1.29 is 9.53 Å². The fourth-order valence-corrected chi connectivity index (χ4v) is 3.28. The van der Waals surface area contributed by atoms with Gasteiger partial charge in [-0.25, -0.2) is 0 Å². The normalized spacial score (nSPS) is 15.8. The second-order valence-corrected chi connectivity index (χ2v) is 7.93. The molecule has 0 fully saturated rings. The first-order valence-electron chi connectivity index (χ1n) is 7.14. The van der Waals surface area contributed by atoms with Crippen LogP contribution in [0.4, 0.5) is 5.69 Å². The van der Waals surface area contributed by atoms with E-state index in [1.165, 1.54) is 7.11 Å². The predicted octanol–water partition coefficient (Wildman–Crippen LogP) is 3.74. The number of carbonyl (C=O) groups excluding carboxylic acids is 1. The molecule has 116 valence electrons. The van der Waals surface area contributed by atoms with Crippen molar-refractivity contribution in [3.05, 3.63) is 35.6 Å². The van der Waals surface area contributed by atoms with E-state index in [9.17, 15) is 4.79 Å². The van der Waals surface area contributed by atoms with Crippen LogP contribution in [-0.4, -0.2) is 24.3 Å². The van der Waals surface area contributed by atoms with E-state index < -0.39 is 0 Å². The SMILES string of the molecule is COC1=C(C#N)C(=O)N(c2ccc(SC(C)(C)C)cc2)CC1. The number of methoxy groups -OCH3 is 1. The van der Waals surface area contributed by atoms with Crippen LogP contribution in [0.3, 0.4) is 0 Å². The maximum absolute atomic E-state index is 12.4. The molecule has 1 aromatic rings. The summed E-state index contributed by atoms with van der Waals surface area (Å²) in [5.74, 6) is 0.186. The standard InChI is InChI=1S/C17H20N2O2S/c1-17(2,3)22-13-7-5-12(6-8-13)19-10-9-15(21-4)14(11-18)16(19)20/h5-8H,9-10H2,1-4H3. The van der Waals surface area contributed by atoms with Gasteiger partial charge in [-0.2, -0.15) is 5.26 Å². The average molecular weight is 316 g/mol. The third-order valence-corrected chi connectivity index (χ3v) is 4.35. The highest BCUT2D eigenvalue weighted by molar-refractivity contribution is 8.00. The quantitative estimate of drug-likeness (QED) is 0.797. The molecule has 1 heterocycles. The molecule has 0 aromatic heterocycles. The summed E-state index contributed by atoms with van der Waals surface area (Å²) in [5, 5.41) is 9.16. The molecular formula is C17H20N2O2S. The van der Waals surface area contributed by atoms with Gasteiger partial charge in [-0.1, -0.05) is 20.8 Å². The zero-order valence-electron chi connectivity index (χ0n) is 13.3. The number of carbonyl (C=O) groups is 1. The Morgan fingerprint density at radius 1 is 1.27 bits per heavy atom. The van der Waals surface area contributed by atoms with Crippen molar-refractivity contribution in [3.8, 4) is 6.07 Å². The molecule has 2 rings (SSSR count). The Morgan fingerprint density at radius 3 is 2.41 bits per heavy atom. The number of hydrogen-bond acceptors (Lipinski definition) is 4. The molecule has 0 spiro atoms. The molecule has 0 saturated carbocycles. The first-order valence-corrected chi connectivity index (χ1v) is 7.95. The largest absolute Gasteiger partial charge is 0.499 e. The molecule has 0 saturated heterocycles. The summed E-state index contributed by atoms with van der Waals surface area (Å²) in [6, 6.07) is 9.84. The van der Waals surface area contributed by atoms with Crippen LogP contribution in [0.25, 0.3) is 0 Å². The molecule has 0 aliphatic carbocycles. The van der Waals surface area contributed by atoms with Crippen LogP contribution in [0.5, 0.6) is 0 Å². The first kappa shape index (κ1) is 16.4. The van der Waals surface area contributed by atoms with Crippen molar-refractivity contribution >= 4 is 23.4 Å². The van der Waals surface area contributed by atoms with Crippen LogP contribution < -0.4 is 4.90 Å². The Bertz CT molecular complexity index is 636. The van der Waals surface area contributed by atoms with Crippen molar-refractivity contribution in [3.63, 3.8) is 0 Å². The summed E-state index contributed by atoms with van der Waals surface area (Å²) < 4.78 is 5.27. The van der Waals surface area contributed by atoms with Gasteiger partial charge in [0, 0.05) is 28.3 Å². The van der Waals surface area contributed by atoms with E-state index in [0.29, 0.717) is 18.7 Å². The maximum atomic E-state index is 12.4. The predicted molar refractivity (Wildman–Crippen MR) is 88.7 cm³/mol. The molecule has 1 aliphatic rings. The topological polar surface area (TPSA) is 53.3 Å². The van der Waals surface area contributed by atoms with Gasteiger partial charge in [0.25, 0.3) is 5.91 Å². The van der Waals surface area contributed by atoms with Crippen LogP contribution in [0.1, 0.15) is 27.2 Å². The zero-order chi connectivity index (χ0) is 16.3. The minimum absolute atomic E-state index is 0.0990. The van der Waals surface area contributed by atoms with Gasteiger partial charge in [0.15, 0.2) is 5.57 Å². The molecule has 1 aliphatic heterocycles. The van der Waals surface area contributed by atoms with E-state index >= 15 is 0 Å². The van der Waals surface area contributed by atoms with Crippen LogP contribution in [0.15, 0.2) is 40.5 Å². The molecule has 0 bridgehead atoms. The number of nitrogens with zero attached hydrogens (tertiary/aromatic N) is 2. The summed E-state index contributed by atoms with van der Waals surface area (Å²) in [6.07, 6.45) is 0.559. The number of benzene rings is 1. The minimum atomic E-state index is -0.290. The molecule has 4 nitrogen and oxygen atoms in total. The monoisotopic (exact) mass is 316 g/mol. The fraction of sp³-hybridized carbons (Fsp3) is 0.412. The molecule has 0 unspecified atom stereocenters. The van der Waals surface area contributed by atoms with Gasteiger partial charge in [0.2, 0.25) is 0 Å². The van der Waals surface area contributed by atoms with Gasteiger partial charge in [0.1, 0.15) is 11.8 Å². The third kappa shape index (κ3) is 3.63. The molecule has 0 atom stereocenters. The fourth-order valence-electron chi connectivity index (χ4n) is 2.30. The number of rotatable bonds is 3. The Hall–Kier alpha value is -1.93. The molecule has 5 heteroatoms. The second kappa shape index (κ2) is 6.45. The number of nitriles is 1. The minimum Gasteiger partial charge on any atom is -0.499 e. The van der Waals surface area contributed by atoms with Crippen LogP contribution >= 0.6 is 11.8 Å². The van der Waals surface area contributed by atoms with Gasteiger partial charge < -0.3 is 9.64 Å². The zero-order valence-corrected chi connectivity index (χ0v) is 14.2. The third-order valence-electron chi connectivity index (χ3n) is 3.23. The molecule has 1 amide bonds. The number of hydrogen-bond donors (Lipinski definition) is 0. The maximum Gasteiger partial charge on any atom is 0.272 e. The Kier molecular flexibility index (Phi) is 4.82. The lowest BCUT2D eigenvalue weighted by atomic mass is 10.1. The van der Waals surface area contributed by atoms with E-state index in [1.807, 2.05) is 30.3 Å². The van der Waals surface area contributed by atoms with Crippen molar-refractivity contribution in [2.45, 2.75) is 36.8 Å². The highest BCUT2D eigenvalue weighted by Crippen LogP contribution is 2.33. The van der Waals surface area contributed by atoms with Gasteiger partial charge >= 0.3 is 0 Å². The number of anilines is 1. The van der Waals surface area contributed by atoms with Crippen LogP contribution in [-0.2, 0) is 9.53 Å². The van der Waals surface area contributed by atoms with E-state index in [4.69, 9.17) is 10.00 Å². The van der Waals surface area contributed by atoms with E-state index in [2.05, 4.69) is 20.8 Å². The lowest BCUT2D eigenvalue weighted by molar-refractivity contribution is -0.115.